The van der Waals surface area contributed by atoms with Crippen LogP contribution in [0.1, 0.15) is 6.42 Å². The highest BCUT2D eigenvalue weighted by molar-refractivity contribution is 5.48. The van der Waals surface area contributed by atoms with Gasteiger partial charge in [-0.15, -0.1) is 0 Å². The van der Waals surface area contributed by atoms with Crippen LogP contribution in [0.2, 0.25) is 0 Å². The number of benzene rings is 1. The van der Waals surface area contributed by atoms with Crippen LogP contribution in [0.3, 0.4) is 0 Å². The molecule has 2 nitrogen and oxygen atoms in total. The average Bonchev–Trinajstić information content (AvgIpc) is 2.64. The molecule has 1 aliphatic rings. The lowest BCUT2D eigenvalue weighted by atomic mass is 10.2. The minimum absolute atomic E-state index is 0.413. The van der Waals surface area contributed by atoms with Crippen LogP contribution in [0.5, 0.6) is 0 Å². The molecule has 1 heterocycles. The molecule has 0 spiro atoms. The zero-order valence-corrected chi connectivity index (χ0v) is 8.63. The normalized spacial score (nSPS) is 21.0. The van der Waals surface area contributed by atoms with Crippen molar-refractivity contribution in [3.05, 3.63) is 29.8 Å². The van der Waals surface area contributed by atoms with Gasteiger partial charge in [-0.3, -0.25) is 0 Å². The van der Waals surface area contributed by atoms with Gasteiger partial charge in [0, 0.05) is 30.9 Å². The van der Waals surface area contributed by atoms with Gasteiger partial charge in [-0.2, -0.15) is 0 Å². The molecule has 1 fully saturated rings. The minimum atomic E-state index is -0.516. The second-order valence-corrected chi connectivity index (χ2v) is 3.85. The van der Waals surface area contributed by atoms with Gasteiger partial charge in [0.25, 0.3) is 0 Å². The monoisotopic (exact) mass is 212 g/mol. The van der Waals surface area contributed by atoms with Gasteiger partial charge in [-0.05, 0) is 25.6 Å². The molecule has 0 bridgehead atoms. The highest BCUT2D eigenvalue weighted by Crippen LogP contribution is 2.22. The Labute approximate surface area is 87.9 Å². The van der Waals surface area contributed by atoms with E-state index in [1.807, 2.05) is 11.9 Å². The van der Waals surface area contributed by atoms with E-state index in [0.717, 1.165) is 25.6 Å². The maximum atomic E-state index is 13.0. The van der Waals surface area contributed by atoms with Gasteiger partial charge >= 0.3 is 0 Å². The zero-order valence-electron chi connectivity index (χ0n) is 8.63. The lowest BCUT2D eigenvalue weighted by Crippen LogP contribution is -2.29. The Kier molecular flexibility index (Phi) is 2.86. The number of halogens is 2. The van der Waals surface area contributed by atoms with Crippen LogP contribution in [-0.4, -0.2) is 26.2 Å². The highest BCUT2D eigenvalue weighted by Gasteiger charge is 2.21. The third kappa shape index (κ3) is 2.26. The fraction of sp³-hybridized carbons (Fsp3) is 0.455. The van der Waals surface area contributed by atoms with Crippen molar-refractivity contribution < 1.29 is 8.78 Å². The summed E-state index contributed by atoms with van der Waals surface area (Å²) in [6.45, 7) is 1.65. The van der Waals surface area contributed by atoms with Crippen LogP contribution in [0, 0.1) is 11.6 Å². The summed E-state index contributed by atoms with van der Waals surface area (Å²) in [6.07, 6.45) is 1.01. The highest BCUT2D eigenvalue weighted by atomic mass is 19.1. The van der Waals surface area contributed by atoms with Crippen molar-refractivity contribution in [2.45, 2.75) is 12.5 Å². The molecule has 1 aliphatic heterocycles. The summed E-state index contributed by atoms with van der Waals surface area (Å²) in [5.41, 5.74) is 0.630. The first-order valence-electron chi connectivity index (χ1n) is 5.07. The van der Waals surface area contributed by atoms with Gasteiger partial charge in [-0.1, -0.05) is 0 Å². The van der Waals surface area contributed by atoms with Gasteiger partial charge < -0.3 is 10.2 Å². The van der Waals surface area contributed by atoms with Gasteiger partial charge in [0.05, 0.1) is 0 Å². The van der Waals surface area contributed by atoms with E-state index < -0.39 is 11.6 Å². The smallest absolute Gasteiger partial charge is 0.128 e. The molecule has 1 aromatic rings. The van der Waals surface area contributed by atoms with Crippen LogP contribution in [-0.2, 0) is 0 Å². The molecule has 0 saturated carbocycles. The first-order valence-corrected chi connectivity index (χ1v) is 5.07. The molecule has 15 heavy (non-hydrogen) atoms. The predicted octanol–water partition coefficient (Wildman–Crippen LogP) is 1.76. The molecule has 1 unspecified atom stereocenters. The largest absolute Gasteiger partial charge is 0.370 e. The number of hydrogen-bond donors (Lipinski definition) is 1. The van der Waals surface area contributed by atoms with Gasteiger partial charge in [0.1, 0.15) is 11.6 Å². The third-order valence-corrected chi connectivity index (χ3v) is 2.81. The molecule has 1 N–H and O–H groups in total. The topological polar surface area (TPSA) is 15.3 Å². The molecule has 1 aromatic carbocycles. The summed E-state index contributed by atoms with van der Waals surface area (Å²) >= 11 is 0. The van der Waals surface area contributed by atoms with E-state index in [4.69, 9.17) is 0 Å². The first kappa shape index (κ1) is 10.4. The molecule has 1 saturated heterocycles. The molecule has 1 atom stereocenters. The van der Waals surface area contributed by atoms with Crippen LogP contribution >= 0.6 is 0 Å². The molecule has 0 radical (unpaired) electrons. The van der Waals surface area contributed by atoms with Gasteiger partial charge in [-0.25, -0.2) is 8.78 Å². The van der Waals surface area contributed by atoms with Gasteiger partial charge in [0.15, 0.2) is 0 Å². The number of nitrogens with one attached hydrogen (secondary N) is 1. The number of hydrogen-bond acceptors (Lipinski definition) is 2. The Bertz CT molecular complexity index is 334. The van der Waals surface area contributed by atoms with E-state index in [9.17, 15) is 8.78 Å². The quantitative estimate of drug-likeness (QED) is 0.803. The van der Waals surface area contributed by atoms with Crippen molar-refractivity contribution in [2.24, 2.45) is 0 Å². The standard InChI is InChI=1S/C11H14F2N2/c1-14-10-2-3-15(7-10)11-5-8(12)4-9(13)6-11/h4-6,10,14H,2-3,7H2,1H3. The van der Waals surface area contributed by atoms with Crippen LogP contribution in [0.4, 0.5) is 14.5 Å². The second kappa shape index (κ2) is 4.14. The fourth-order valence-corrected chi connectivity index (χ4v) is 1.95. The Morgan fingerprint density at radius 3 is 2.47 bits per heavy atom. The average molecular weight is 212 g/mol. The van der Waals surface area contributed by atoms with Crippen molar-refractivity contribution in [3.8, 4) is 0 Å². The predicted molar refractivity (Wildman–Crippen MR) is 56.0 cm³/mol. The second-order valence-electron chi connectivity index (χ2n) is 3.85. The Balaban J connectivity index is 2.16. The summed E-state index contributed by atoms with van der Waals surface area (Å²) in [5, 5.41) is 3.16. The maximum Gasteiger partial charge on any atom is 0.128 e. The summed E-state index contributed by atoms with van der Waals surface area (Å²) in [6, 6.07) is 4.06. The van der Waals surface area contributed by atoms with Crippen LogP contribution in [0.15, 0.2) is 18.2 Å². The van der Waals surface area contributed by atoms with Gasteiger partial charge in [0.2, 0.25) is 0 Å². The van der Waals surface area contributed by atoms with E-state index in [2.05, 4.69) is 5.32 Å². The minimum Gasteiger partial charge on any atom is -0.370 e. The molecule has 0 aromatic heterocycles. The lowest BCUT2D eigenvalue weighted by molar-refractivity contribution is 0.582. The molecule has 4 heteroatoms. The Morgan fingerprint density at radius 1 is 1.27 bits per heavy atom. The van der Waals surface area contributed by atoms with Crippen molar-refractivity contribution in [3.63, 3.8) is 0 Å². The van der Waals surface area contributed by atoms with Crippen molar-refractivity contribution in [1.29, 1.82) is 0 Å². The van der Waals surface area contributed by atoms with Crippen molar-refractivity contribution >= 4 is 5.69 Å². The lowest BCUT2D eigenvalue weighted by Gasteiger charge is -2.18. The summed E-state index contributed by atoms with van der Waals surface area (Å²) < 4.78 is 26.0. The molecule has 0 amide bonds. The fourth-order valence-electron chi connectivity index (χ4n) is 1.95. The van der Waals surface area contributed by atoms with E-state index in [1.165, 1.54) is 12.1 Å². The number of anilines is 1. The van der Waals surface area contributed by atoms with E-state index in [1.54, 1.807) is 0 Å². The first-order chi connectivity index (χ1) is 7.19. The van der Waals surface area contributed by atoms with Crippen LogP contribution in [0.25, 0.3) is 0 Å². The molecular formula is C11H14F2N2. The molecular weight excluding hydrogens is 198 g/mol. The Morgan fingerprint density at radius 2 is 1.93 bits per heavy atom. The number of rotatable bonds is 2. The Hall–Kier alpha value is -1.16. The van der Waals surface area contributed by atoms with E-state index in [0.29, 0.717) is 11.7 Å². The SMILES string of the molecule is CNC1CCN(c2cc(F)cc(F)c2)C1. The summed E-state index contributed by atoms with van der Waals surface area (Å²) in [7, 11) is 1.90. The van der Waals surface area contributed by atoms with E-state index >= 15 is 0 Å². The number of likely N-dealkylation sites (N-methyl/N-ethyl adjacent to an activating group) is 1. The summed E-state index contributed by atoms with van der Waals surface area (Å²) in [4.78, 5) is 1.99. The molecule has 2 rings (SSSR count). The van der Waals surface area contributed by atoms with E-state index in [-0.39, 0.29) is 0 Å². The molecule has 82 valence electrons. The molecule has 0 aliphatic carbocycles. The van der Waals surface area contributed by atoms with Crippen molar-refractivity contribution in [2.75, 3.05) is 25.0 Å². The number of nitrogens with zero attached hydrogens (tertiary/aromatic N) is 1. The maximum absolute atomic E-state index is 13.0. The third-order valence-electron chi connectivity index (χ3n) is 2.81. The van der Waals surface area contributed by atoms with Crippen molar-refractivity contribution in [1.82, 2.24) is 5.32 Å². The zero-order chi connectivity index (χ0) is 10.8. The summed E-state index contributed by atoms with van der Waals surface area (Å²) in [5.74, 6) is -1.03. The van der Waals surface area contributed by atoms with Crippen LogP contribution < -0.4 is 10.2 Å².